The second-order valence-electron chi connectivity index (χ2n) is 4.29. The van der Waals surface area contributed by atoms with Crippen LogP contribution in [-0.2, 0) is 0 Å². The first kappa shape index (κ1) is 11.6. The van der Waals surface area contributed by atoms with Crippen molar-refractivity contribution in [3.63, 3.8) is 0 Å². The molecule has 1 N–H and O–H groups in total. The number of anilines is 1. The molecule has 1 fully saturated rings. The van der Waals surface area contributed by atoms with Gasteiger partial charge in [0.15, 0.2) is 0 Å². The Morgan fingerprint density at radius 3 is 2.53 bits per heavy atom. The number of nitrogens with one attached hydrogen (secondary N) is 1. The van der Waals surface area contributed by atoms with Crippen LogP contribution in [0.3, 0.4) is 0 Å². The Balaban J connectivity index is 1.62. The van der Waals surface area contributed by atoms with Crippen LogP contribution in [0.4, 0.5) is 5.95 Å². The predicted octanol–water partition coefficient (Wildman–Crippen LogP) is 0.162. The lowest BCUT2D eigenvalue weighted by atomic mass is 10.3. The molecule has 19 heavy (non-hydrogen) atoms. The molecule has 0 saturated carbocycles. The minimum atomic E-state index is -0.00821. The van der Waals surface area contributed by atoms with Gasteiger partial charge in [0, 0.05) is 38.6 Å². The van der Waals surface area contributed by atoms with Gasteiger partial charge in [0.1, 0.15) is 5.69 Å². The summed E-state index contributed by atoms with van der Waals surface area (Å²) in [4.78, 5) is 31.1. The van der Waals surface area contributed by atoms with E-state index >= 15 is 0 Å². The predicted molar refractivity (Wildman–Crippen MR) is 68.7 cm³/mol. The van der Waals surface area contributed by atoms with E-state index in [1.165, 1.54) is 6.33 Å². The van der Waals surface area contributed by atoms with Gasteiger partial charge in [0.05, 0.1) is 12.5 Å². The Bertz CT molecular complexity index is 533. The molecular weight excluding hydrogens is 244 g/mol. The lowest BCUT2D eigenvalue weighted by molar-refractivity contribution is 0.0741. The number of carbonyl (C=O) groups excluding carboxylic acids is 1. The van der Waals surface area contributed by atoms with E-state index in [0.717, 1.165) is 19.0 Å². The Morgan fingerprint density at radius 2 is 1.89 bits per heavy atom. The highest BCUT2D eigenvalue weighted by Gasteiger charge is 2.23. The SMILES string of the molecule is O=C(c1cnc[nH]1)N1CCN(c2ncccn2)CC1. The summed E-state index contributed by atoms with van der Waals surface area (Å²) in [6, 6.07) is 1.79. The number of piperazine rings is 1. The summed E-state index contributed by atoms with van der Waals surface area (Å²) in [5.41, 5.74) is 0.532. The van der Waals surface area contributed by atoms with E-state index in [9.17, 15) is 4.79 Å². The minimum absolute atomic E-state index is 0.00821. The van der Waals surface area contributed by atoms with Crippen LogP contribution in [-0.4, -0.2) is 56.9 Å². The maximum absolute atomic E-state index is 12.1. The van der Waals surface area contributed by atoms with Crippen molar-refractivity contribution in [2.24, 2.45) is 0 Å². The standard InChI is InChI=1S/C12H14N6O/c19-11(10-8-13-9-16-10)17-4-6-18(7-5-17)12-14-2-1-3-15-12/h1-3,8-9H,4-7H2,(H,13,16). The Kier molecular flexibility index (Phi) is 3.09. The minimum Gasteiger partial charge on any atom is -0.341 e. The molecule has 1 saturated heterocycles. The largest absolute Gasteiger partial charge is 0.341 e. The molecule has 3 heterocycles. The van der Waals surface area contributed by atoms with Gasteiger partial charge in [0.2, 0.25) is 5.95 Å². The molecule has 1 aliphatic rings. The van der Waals surface area contributed by atoms with Gasteiger partial charge < -0.3 is 14.8 Å². The Labute approximate surface area is 110 Å². The summed E-state index contributed by atoms with van der Waals surface area (Å²) in [5, 5.41) is 0. The van der Waals surface area contributed by atoms with E-state index < -0.39 is 0 Å². The van der Waals surface area contributed by atoms with Crippen LogP contribution in [0.15, 0.2) is 31.0 Å². The summed E-state index contributed by atoms with van der Waals surface area (Å²) in [7, 11) is 0. The molecule has 0 aromatic carbocycles. The zero-order valence-electron chi connectivity index (χ0n) is 10.4. The van der Waals surface area contributed by atoms with Gasteiger partial charge in [-0.3, -0.25) is 4.79 Å². The molecule has 1 aliphatic heterocycles. The van der Waals surface area contributed by atoms with Crippen LogP contribution in [0.1, 0.15) is 10.5 Å². The first-order valence-electron chi connectivity index (χ1n) is 6.14. The van der Waals surface area contributed by atoms with Crippen molar-refractivity contribution >= 4 is 11.9 Å². The van der Waals surface area contributed by atoms with Crippen molar-refractivity contribution in [3.05, 3.63) is 36.7 Å². The monoisotopic (exact) mass is 258 g/mol. The van der Waals surface area contributed by atoms with Gasteiger partial charge in [0.25, 0.3) is 5.91 Å². The number of aromatic nitrogens is 4. The topological polar surface area (TPSA) is 78.0 Å². The Hall–Kier alpha value is -2.44. The second-order valence-corrected chi connectivity index (χ2v) is 4.29. The number of carbonyl (C=O) groups is 1. The van der Waals surface area contributed by atoms with Crippen LogP contribution < -0.4 is 4.90 Å². The summed E-state index contributed by atoms with van der Waals surface area (Å²) in [6.07, 6.45) is 6.52. The molecule has 7 heteroatoms. The van der Waals surface area contributed by atoms with Gasteiger partial charge >= 0.3 is 0 Å². The molecule has 0 atom stereocenters. The fourth-order valence-corrected chi connectivity index (χ4v) is 2.11. The quantitative estimate of drug-likeness (QED) is 0.830. The highest BCUT2D eigenvalue weighted by atomic mass is 16.2. The third-order valence-electron chi connectivity index (χ3n) is 3.13. The van der Waals surface area contributed by atoms with Crippen LogP contribution in [0, 0.1) is 0 Å². The summed E-state index contributed by atoms with van der Waals surface area (Å²) < 4.78 is 0. The summed E-state index contributed by atoms with van der Waals surface area (Å²) in [6.45, 7) is 2.81. The van der Waals surface area contributed by atoms with Gasteiger partial charge in [-0.2, -0.15) is 0 Å². The lowest BCUT2D eigenvalue weighted by Crippen LogP contribution is -2.49. The van der Waals surface area contributed by atoms with Crippen molar-refractivity contribution in [2.45, 2.75) is 0 Å². The third kappa shape index (κ3) is 2.40. The molecule has 3 rings (SSSR count). The van der Waals surface area contributed by atoms with E-state index in [-0.39, 0.29) is 5.91 Å². The molecule has 2 aromatic heterocycles. The zero-order valence-corrected chi connectivity index (χ0v) is 10.4. The molecular formula is C12H14N6O. The van der Waals surface area contributed by atoms with E-state index in [2.05, 4.69) is 24.8 Å². The van der Waals surface area contributed by atoms with E-state index in [1.807, 2.05) is 4.90 Å². The molecule has 0 spiro atoms. The molecule has 0 bridgehead atoms. The van der Waals surface area contributed by atoms with Crippen LogP contribution in [0.5, 0.6) is 0 Å². The average Bonchev–Trinajstić information content (AvgIpc) is 3.02. The molecule has 1 amide bonds. The van der Waals surface area contributed by atoms with Gasteiger partial charge in [-0.25, -0.2) is 15.0 Å². The fraction of sp³-hybridized carbons (Fsp3) is 0.333. The molecule has 98 valence electrons. The van der Waals surface area contributed by atoms with E-state index in [0.29, 0.717) is 18.8 Å². The lowest BCUT2D eigenvalue weighted by Gasteiger charge is -2.34. The van der Waals surface area contributed by atoms with Gasteiger partial charge in [-0.1, -0.05) is 0 Å². The third-order valence-corrected chi connectivity index (χ3v) is 3.13. The van der Waals surface area contributed by atoms with Gasteiger partial charge in [-0.05, 0) is 6.07 Å². The number of H-pyrrole nitrogens is 1. The maximum Gasteiger partial charge on any atom is 0.272 e. The summed E-state index contributed by atoms with van der Waals surface area (Å²) >= 11 is 0. The molecule has 2 aromatic rings. The molecule has 0 unspecified atom stereocenters. The normalized spacial score (nSPS) is 15.6. The van der Waals surface area contributed by atoms with Crippen LogP contribution in [0.2, 0.25) is 0 Å². The van der Waals surface area contributed by atoms with Crippen molar-refractivity contribution in [2.75, 3.05) is 31.1 Å². The zero-order chi connectivity index (χ0) is 13.1. The fourth-order valence-electron chi connectivity index (χ4n) is 2.11. The number of amides is 1. The van der Waals surface area contributed by atoms with Crippen molar-refractivity contribution < 1.29 is 4.79 Å². The number of nitrogens with zero attached hydrogens (tertiary/aromatic N) is 5. The number of hydrogen-bond acceptors (Lipinski definition) is 5. The second kappa shape index (κ2) is 5.05. The van der Waals surface area contributed by atoms with Crippen LogP contribution in [0.25, 0.3) is 0 Å². The van der Waals surface area contributed by atoms with Crippen LogP contribution >= 0.6 is 0 Å². The Morgan fingerprint density at radius 1 is 1.16 bits per heavy atom. The number of imidazole rings is 1. The average molecular weight is 258 g/mol. The maximum atomic E-state index is 12.1. The molecule has 0 radical (unpaired) electrons. The highest BCUT2D eigenvalue weighted by Crippen LogP contribution is 2.11. The molecule has 7 nitrogen and oxygen atoms in total. The van der Waals surface area contributed by atoms with E-state index in [4.69, 9.17) is 0 Å². The number of rotatable bonds is 2. The first-order valence-corrected chi connectivity index (χ1v) is 6.14. The molecule has 0 aliphatic carbocycles. The first-order chi connectivity index (χ1) is 9.34. The number of aromatic amines is 1. The number of hydrogen-bond donors (Lipinski definition) is 1. The van der Waals surface area contributed by atoms with Crippen molar-refractivity contribution in [3.8, 4) is 0 Å². The van der Waals surface area contributed by atoms with Gasteiger partial charge in [-0.15, -0.1) is 0 Å². The van der Waals surface area contributed by atoms with Crippen molar-refractivity contribution in [1.29, 1.82) is 0 Å². The summed E-state index contributed by atoms with van der Waals surface area (Å²) in [5.74, 6) is 0.710. The highest BCUT2D eigenvalue weighted by molar-refractivity contribution is 5.92. The van der Waals surface area contributed by atoms with Crippen molar-refractivity contribution in [1.82, 2.24) is 24.8 Å². The van der Waals surface area contributed by atoms with E-state index in [1.54, 1.807) is 24.7 Å². The smallest absolute Gasteiger partial charge is 0.272 e.